The summed E-state index contributed by atoms with van der Waals surface area (Å²) < 4.78 is 25.6. The van der Waals surface area contributed by atoms with Gasteiger partial charge in [-0.2, -0.15) is 0 Å². The van der Waals surface area contributed by atoms with Crippen molar-refractivity contribution in [3.05, 3.63) is 65.7 Å². The van der Waals surface area contributed by atoms with Crippen LogP contribution in [0.5, 0.6) is 0 Å². The van der Waals surface area contributed by atoms with Crippen molar-refractivity contribution in [3.8, 4) is 0 Å². The summed E-state index contributed by atoms with van der Waals surface area (Å²) >= 11 is 0. The fourth-order valence-corrected chi connectivity index (χ4v) is 4.00. The molecule has 0 bridgehead atoms. The lowest BCUT2D eigenvalue weighted by molar-refractivity contribution is -0.116. The molecule has 0 amide bonds. The van der Waals surface area contributed by atoms with Gasteiger partial charge in [-0.1, -0.05) is 48.0 Å². The molecule has 0 aliphatic heterocycles. The topological polar surface area (TPSA) is 68.3 Å². The number of hydrogen-bond acceptors (Lipinski definition) is 4. The highest BCUT2D eigenvalue weighted by molar-refractivity contribution is 7.92. The Morgan fingerprint density at radius 2 is 1.52 bits per heavy atom. The molecule has 0 saturated heterocycles. The molecule has 2 rings (SSSR count). The summed E-state index contributed by atoms with van der Waals surface area (Å²) in [5.41, 5.74) is 1.20. The van der Waals surface area contributed by atoms with Crippen molar-refractivity contribution in [1.29, 1.82) is 0 Å². The fourth-order valence-electron chi connectivity index (χ4n) is 2.28. The molecule has 0 heterocycles. The highest BCUT2D eigenvalue weighted by Gasteiger charge is 2.35. The van der Waals surface area contributed by atoms with Crippen LogP contribution >= 0.6 is 0 Å². The van der Waals surface area contributed by atoms with Crippen LogP contribution in [-0.4, -0.2) is 25.2 Å². The third-order valence-corrected chi connectivity index (χ3v) is 5.61. The van der Waals surface area contributed by atoms with Gasteiger partial charge in [-0.05, 0) is 26.0 Å². The summed E-state index contributed by atoms with van der Waals surface area (Å²) in [6.45, 7) is 3.13. The normalized spacial score (nSPS) is 12.6. The second-order valence-electron chi connectivity index (χ2n) is 5.48. The molecule has 4 nitrogen and oxygen atoms in total. The van der Waals surface area contributed by atoms with E-state index in [0.717, 1.165) is 5.56 Å². The van der Waals surface area contributed by atoms with E-state index in [9.17, 15) is 18.0 Å². The van der Waals surface area contributed by atoms with Crippen molar-refractivity contribution in [2.24, 2.45) is 0 Å². The number of benzene rings is 2. The molecule has 23 heavy (non-hydrogen) atoms. The third kappa shape index (κ3) is 3.93. The summed E-state index contributed by atoms with van der Waals surface area (Å²) in [7, 11) is -3.93. The molecule has 1 atom stereocenters. The zero-order valence-electron chi connectivity index (χ0n) is 13.0. The van der Waals surface area contributed by atoms with E-state index in [1.54, 1.807) is 42.5 Å². The lowest BCUT2D eigenvalue weighted by Gasteiger charge is -2.16. The Hall–Kier alpha value is -2.27. The van der Waals surface area contributed by atoms with Gasteiger partial charge >= 0.3 is 0 Å². The molecule has 2 aromatic rings. The van der Waals surface area contributed by atoms with Crippen LogP contribution in [0.3, 0.4) is 0 Å². The van der Waals surface area contributed by atoms with Crippen molar-refractivity contribution in [3.63, 3.8) is 0 Å². The van der Waals surface area contributed by atoms with Crippen LogP contribution in [0.1, 0.15) is 29.3 Å². The molecule has 2 aromatic carbocycles. The van der Waals surface area contributed by atoms with E-state index < -0.39 is 20.9 Å². The second kappa shape index (κ2) is 6.87. The highest BCUT2D eigenvalue weighted by Crippen LogP contribution is 2.22. The van der Waals surface area contributed by atoms with E-state index in [-0.39, 0.29) is 22.7 Å². The Kier molecular flexibility index (Phi) is 5.11. The first-order valence-electron chi connectivity index (χ1n) is 7.21. The van der Waals surface area contributed by atoms with Gasteiger partial charge in [-0.15, -0.1) is 0 Å². The first-order chi connectivity index (χ1) is 10.8. The van der Waals surface area contributed by atoms with Gasteiger partial charge in [-0.25, -0.2) is 8.42 Å². The number of carbonyl (C=O) groups is 2. The first kappa shape index (κ1) is 17.1. The van der Waals surface area contributed by atoms with Crippen LogP contribution in [0.25, 0.3) is 0 Å². The van der Waals surface area contributed by atoms with Gasteiger partial charge in [0.05, 0.1) is 4.90 Å². The van der Waals surface area contributed by atoms with Crippen LogP contribution in [0.2, 0.25) is 0 Å². The van der Waals surface area contributed by atoms with Gasteiger partial charge in [0, 0.05) is 12.0 Å². The van der Waals surface area contributed by atoms with Crippen molar-refractivity contribution >= 4 is 21.4 Å². The summed E-state index contributed by atoms with van der Waals surface area (Å²) in [6.07, 6.45) is -0.329. The van der Waals surface area contributed by atoms with Gasteiger partial charge in [0.15, 0.2) is 15.6 Å². The minimum absolute atomic E-state index is 0.0543. The molecule has 0 spiro atoms. The lowest BCUT2D eigenvalue weighted by atomic mass is 10.1. The van der Waals surface area contributed by atoms with Crippen molar-refractivity contribution in [2.75, 3.05) is 0 Å². The van der Waals surface area contributed by atoms with Crippen LogP contribution in [-0.2, 0) is 14.6 Å². The largest absolute Gasteiger partial charge is 0.300 e. The van der Waals surface area contributed by atoms with Crippen molar-refractivity contribution < 1.29 is 18.0 Å². The van der Waals surface area contributed by atoms with Gasteiger partial charge < -0.3 is 0 Å². The van der Waals surface area contributed by atoms with E-state index in [4.69, 9.17) is 0 Å². The average Bonchev–Trinajstić information content (AvgIpc) is 2.53. The average molecular weight is 330 g/mol. The number of sulfone groups is 1. The molecule has 0 fully saturated rings. The quantitative estimate of drug-likeness (QED) is 0.764. The predicted octanol–water partition coefficient (Wildman–Crippen LogP) is 3.00. The SMILES string of the molecule is CC(=O)CC(C(=O)c1ccccc1)S(=O)(=O)c1ccc(C)cc1. The Morgan fingerprint density at radius 3 is 2.04 bits per heavy atom. The summed E-state index contributed by atoms with van der Waals surface area (Å²) in [5.74, 6) is -0.892. The molecular formula is C18H18O4S. The number of rotatable bonds is 6. The minimum Gasteiger partial charge on any atom is -0.300 e. The molecule has 0 aromatic heterocycles. The van der Waals surface area contributed by atoms with E-state index in [0.29, 0.717) is 0 Å². The van der Waals surface area contributed by atoms with Crippen molar-refractivity contribution in [2.45, 2.75) is 30.4 Å². The molecular weight excluding hydrogens is 312 g/mol. The second-order valence-corrected chi connectivity index (χ2v) is 7.61. The molecule has 0 aliphatic carbocycles. The molecule has 0 aliphatic rings. The fraction of sp³-hybridized carbons (Fsp3) is 0.222. The Balaban J connectivity index is 2.47. The van der Waals surface area contributed by atoms with Gasteiger partial charge in [0.1, 0.15) is 11.0 Å². The maximum absolute atomic E-state index is 12.8. The van der Waals surface area contributed by atoms with E-state index in [1.807, 2.05) is 6.92 Å². The van der Waals surface area contributed by atoms with E-state index in [2.05, 4.69) is 0 Å². The summed E-state index contributed by atoms with van der Waals surface area (Å²) in [6, 6.07) is 14.5. The summed E-state index contributed by atoms with van der Waals surface area (Å²) in [5, 5.41) is -1.40. The number of hydrogen-bond donors (Lipinski definition) is 0. The van der Waals surface area contributed by atoms with Gasteiger partial charge in [0.2, 0.25) is 0 Å². The first-order valence-corrected chi connectivity index (χ1v) is 8.76. The predicted molar refractivity (Wildman–Crippen MR) is 88.2 cm³/mol. The van der Waals surface area contributed by atoms with Crippen LogP contribution in [0.15, 0.2) is 59.5 Å². The van der Waals surface area contributed by atoms with Crippen LogP contribution in [0.4, 0.5) is 0 Å². The summed E-state index contributed by atoms with van der Waals surface area (Å²) in [4.78, 5) is 24.2. The van der Waals surface area contributed by atoms with Crippen LogP contribution < -0.4 is 0 Å². The van der Waals surface area contributed by atoms with Gasteiger partial charge in [-0.3, -0.25) is 9.59 Å². The van der Waals surface area contributed by atoms with E-state index in [1.165, 1.54) is 19.1 Å². The number of carbonyl (C=O) groups excluding carboxylic acids is 2. The smallest absolute Gasteiger partial charge is 0.189 e. The maximum Gasteiger partial charge on any atom is 0.189 e. The molecule has 0 radical (unpaired) electrons. The van der Waals surface area contributed by atoms with Crippen LogP contribution in [0, 0.1) is 6.92 Å². The molecule has 1 unspecified atom stereocenters. The highest BCUT2D eigenvalue weighted by atomic mass is 32.2. The van der Waals surface area contributed by atoms with E-state index >= 15 is 0 Å². The Morgan fingerprint density at radius 1 is 0.957 bits per heavy atom. The number of Topliss-reactive ketones (excluding diaryl/α,β-unsaturated/α-hetero) is 2. The van der Waals surface area contributed by atoms with Gasteiger partial charge in [0.25, 0.3) is 0 Å². The minimum atomic E-state index is -3.93. The standard InChI is InChI=1S/C18H18O4S/c1-13-8-10-16(11-9-13)23(21,22)17(12-14(2)19)18(20)15-6-4-3-5-7-15/h3-11,17H,12H2,1-2H3. The Bertz CT molecular complexity index is 806. The zero-order chi connectivity index (χ0) is 17.0. The molecule has 0 saturated carbocycles. The Labute approximate surface area is 136 Å². The molecule has 0 N–H and O–H groups in total. The maximum atomic E-state index is 12.8. The third-order valence-electron chi connectivity index (χ3n) is 3.55. The van der Waals surface area contributed by atoms with Crippen molar-refractivity contribution in [1.82, 2.24) is 0 Å². The monoisotopic (exact) mass is 330 g/mol. The zero-order valence-corrected chi connectivity index (χ0v) is 13.8. The number of aryl methyl sites for hydroxylation is 1. The number of ketones is 2. The lowest BCUT2D eigenvalue weighted by Crippen LogP contribution is -2.32. The molecule has 120 valence electrons. The molecule has 5 heteroatoms.